The summed E-state index contributed by atoms with van der Waals surface area (Å²) in [4.78, 5) is 12.4. The molecule has 0 aromatic heterocycles. The summed E-state index contributed by atoms with van der Waals surface area (Å²) in [5.74, 6) is 1.20. The van der Waals surface area contributed by atoms with Gasteiger partial charge in [0.1, 0.15) is 11.5 Å². The first-order valence-corrected chi connectivity index (χ1v) is 9.50. The monoisotopic (exact) mass is 375 g/mol. The highest BCUT2D eigenvalue weighted by atomic mass is 16.5. The molecule has 3 aromatic rings. The summed E-state index contributed by atoms with van der Waals surface area (Å²) < 4.78 is 11.5. The summed E-state index contributed by atoms with van der Waals surface area (Å²) in [5, 5.41) is 2.87. The highest BCUT2D eigenvalue weighted by molar-refractivity contribution is 5.94. The molecule has 4 heteroatoms. The first-order chi connectivity index (χ1) is 13.7. The van der Waals surface area contributed by atoms with E-state index in [1.54, 1.807) is 6.92 Å². The van der Waals surface area contributed by atoms with Crippen molar-refractivity contribution in [3.05, 3.63) is 90.5 Å². The molecule has 1 N–H and O–H groups in total. The topological polar surface area (TPSA) is 47.6 Å². The maximum Gasteiger partial charge on any atom is 0.265 e. The molecule has 1 atom stereocenters. The lowest BCUT2D eigenvalue weighted by Gasteiger charge is -2.15. The molecule has 3 aromatic carbocycles. The highest BCUT2D eigenvalue weighted by Gasteiger charge is 2.15. The summed E-state index contributed by atoms with van der Waals surface area (Å²) in [6, 6.07) is 27.1. The van der Waals surface area contributed by atoms with Gasteiger partial charge in [-0.15, -0.1) is 0 Å². The molecule has 0 aliphatic carbocycles. The second-order valence-corrected chi connectivity index (χ2v) is 6.53. The molecule has 0 saturated carbocycles. The van der Waals surface area contributed by atoms with Crippen molar-refractivity contribution >= 4 is 11.6 Å². The average Bonchev–Trinajstić information content (AvgIpc) is 2.73. The number of amides is 1. The zero-order chi connectivity index (χ0) is 19.6. The number of ether oxygens (including phenoxy) is 2. The molecular weight excluding hydrogens is 350 g/mol. The van der Waals surface area contributed by atoms with Gasteiger partial charge in [0.05, 0.1) is 6.61 Å². The van der Waals surface area contributed by atoms with Gasteiger partial charge in [-0.3, -0.25) is 4.79 Å². The van der Waals surface area contributed by atoms with E-state index < -0.39 is 6.10 Å². The standard InChI is InChI=1S/C24H25NO3/c1-19(28-22-14-6-3-7-15-22)24(26)25-21-13-8-16-23(18-21)27-17-9-12-20-10-4-2-5-11-20/h2-8,10-11,13-16,18-19H,9,12,17H2,1H3,(H,25,26). The average molecular weight is 375 g/mol. The van der Waals surface area contributed by atoms with Crippen molar-refractivity contribution in [3.8, 4) is 11.5 Å². The quantitative estimate of drug-likeness (QED) is 0.529. The third-order valence-corrected chi connectivity index (χ3v) is 4.25. The SMILES string of the molecule is CC(Oc1ccccc1)C(=O)Nc1cccc(OCCCc2ccccc2)c1. The number of nitrogens with one attached hydrogen (secondary N) is 1. The van der Waals surface area contributed by atoms with Crippen LogP contribution in [0.25, 0.3) is 0 Å². The van der Waals surface area contributed by atoms with Gasteiger partial charge in [0.2, 0.25) is 0 Å². The number of carbonyl (C=O) groups excluding carboxylic acids is 1. The summed E-state index contributed by atoms with van der Waals surface area (Å²) in [6.07, 6.45) is 1.31. The number of carbonyl (C=O) groups is 1. The Morgan fingerprint density at radius 1 is 0.893 bits per heavy atom. The molecule has 0 saturated heterocycles. The second-order valence-electron chi connectivity index (χ2n) is 6.53. The van der Waals surface area contributed by atoms with E-state index >= 15 is 0 Å². The van der Waals surface area contributed by atoms with Gasteiger partial charge in [-0.05, 0) is 49.6 Å². The molecule has 1 unspecified atom stereocenters. The van der Waals surface area contributed by atoms with E-state index in [0.29, 0.717) is 18.0 Å². The number of rotatable bonds is 9. The molecule has 0 radical (unpaired) electrons. The van der Waals surface area contributed by atoms with Crippen LogP contribution in [0.4, 0.5) is 5.69 Å². The van der Waals surface area contributed by atoms with E-state index in [0.717, 1.165) is 18.6 Å². The third-order valence-electron chi connectivity index (χ3n) is 4.25. The minimum atomic E-state index is -0.599. The summed E-state index contributed by atoms with van der Waals surface area (Å²) in [6.45, 7) is 2.35. The molecule has 0 fully saturated rings. The van der Waals surface area contributed by atoms with Crippen molar-refractivity contribution in [2.75, 3.05) is 11.9 Å². The Bertz CT molecular complexity index is 865. The first kappa shape index (κ1) is 19.5. The number of aryl methyl sites for hydroxylation is 1. The normalized spacial score (nSPS) is 11.5. The van der Waals surface area contributed by atoms with Crippen LogP contribution >= 0.6 is 0 Å². The molecular formula is C24H25NO3. The minimum absolute atomic E-state index is 0.204. The van der Waals surface area contributed by atoms with Crippen molar-refractivity contribution in [3.63, 3.8) is 0 Å². The smallest absolute Gasteiger partial charge is 0.265 e. The lowest BCUT2D eigenvalue weighted by Crippen LogP contribution is -2.30. The van der Waals surface area contributed by atoms with Crippen molar-refractivity contribution in [2.24, 2.45) is 0 Å². The van der Waals surface area contributed by atoms with Gasteiger partial charge < -0.3 is 14.8 Å². The Morgan fingerprint density at radius 3 is 2.32 bits per heavy atom. The maximum absolute atomic E-state index is 12.4. The van der Waals surface area contributed by atoms with Crippen LogP contribution in [0.2, 0.25) is 0 Å². The van der Waals surface area contributed by atoms with E-state index in [1.807, 2.05) is 72.8 Å². The molecule has 0 heterocycles. The lowest BCUT2D eigenvalue weighted by atomic mass is 10.1. The van der Waals surface area contributed by atoms with Gasteiger partial charge >= 0.3 is 0 Å². The Morgan fingerprint density at radius 2 is 1.57 bits per heavy atom. The van der Waals surface area contributed by atoms with Crippen LogP contribution in [0.1, 0.15) is 18.9 Å². The third kappa shape index (κ3) is 6.16. The number of benzene rings is 3. The predicted molar refractivity (Wildman–Crippen MR) is 112 cm³/mol. The second kappa shape index (κ2) is 10.2. The van der Waals surface area contributed by atoms with Gasteiger partial charge in [0, 0.05) is 11.8 Å². The number of anilines is 1. The van der Waals surface area contributed by atoms with E-state index in [1.165, 1.54) is 5.56 Å². The number of hydrogen-bond acceptors (Lipinski definition) is 3. The van der Waals surface area contributed by atoms with Crippen LogP contribution in [0.5, 0.6) is 11.5 Å². The predicted octanol–water partition coefficient (Wildman–Crippen LogP) is 5.10. The van der Waals surface area contributed by atoms with E-state index in [9.17, 15) is 4.79 Å². The molecule has 0 bridgehead atoms. The van der Waals surface area contributed by atoms with E-state index in [-0.39, 0.29) is 5.91 Å². The van der Waals surface area contributed by atoms with Gasteiger partial charge in [0.15, 0.2) is 6.10 Å². The maximum atomic E-state index is 12.4. The molecule has 3 rings (SSSR count). The van der Waals surface area contributed by atoms with Crippen molar-refractivity contribution in [1.29, 1.82) is 0 Å². The molecule has 1 amide bonds. The molecule has 0 aliphatic heterocycles. The van der Waals surface area contributed by atoms with Crippen LogP contribution in [0.3, 0.4) is 0 Å². The van der Waals surface area contributed by atoms with Crippen molar-refractivity contribution < 1.29 is 14.3 Å². The molecule has 4 nitrogen and oxygen atoms in total. The summed E-state index contributed by atoms with van der Waals surface area (Å²) in [7, 11) is 0. The van der Waals surface area contributed by atoms with E-state index in [2.05, 4.69) is 17.4 Å². The highest BCUT2D eigenvalue weighted by Crippen LogP contribution is 2.19. The molecule has 144 valence electrons. The lowest BCUT2D eigenvalue weighted by molar-refractivity contribution is -0.122. The summed E-state index contributed by atoms with van der Waals surface area (Å²) in [5.41, 5.74) is 1.99. The van der Waals surface area contributed by atoms with Crippen molar-refractivity contribution in [1.82, 2.24) is 0 Å². The number of para-hydroxylation sites is 1. The largest absolute Gasteiger partial charge is 0.494 e. The van der Waals surface area contributed by atoms with Crippen molar-refractivity contribution in [2.45, 2.75) is 25.9 Å². The van der Waals surface area contributed by atoms with E-state index in [4.69, 9.17) is 9.47 Å². The first-order valence-electron chi connectivity index (χ1n) is 9.50. The Kier molecular flexibility index (Phi) is 7.08. The summed E-state index contributed by atoms with van der Waals surface area (Å²) >= 11 is 0. The molecule has 0 aliphatic rings. The fourth-order valence-electron chi connectivity index (χ4n) is 2.78. The Balaban J connectivity index is 1.46. The fraction of sp³-hybridized carbons (Fsp3) is 0.208. The molecule has 0 spiro atoms. The van der Waals surface area contributed by atoms with Crippen LogP contribution in [-0.2, 0) is 11.2 Å². The van der Waals surface area contributed by atoms with Crippen LogP contribution < -0.4 is 14.8 Å². The zero-order valence-electron chi connectivity index (χ0n) is 16.0. The van der Waals surface area contributed by atoms with Crippen LogP contribution in [-0.4, -0.2) is 18.6 Å². The number of hydrogen-bond donors (Lipinski definition) is 1. The Hall–Kier alpha value is -3.27. The van der Waals surface area contributed by atoms with Crippen LogP contribution in [0.15, 0.2) is 84.9 Å². The van der Waals surface area contributed by atoms with Gasteiger partial charge in [-0.1, -0.05) is 54.6 Å². The van der Waals surface area contributed by atoms with Crippen LogP contribution in [0, 0.1) is 0 Å². The van der Waals surface area contributed by atoms with Gasteiger partial charge in [-0.2, -0.15) is 0 Å². The Labute approximate surface area is 166 Å². The molecule has 28 heavy (non-hydrogen) atoms. The fourth-order valence-corrected chi connectivity index (χ4v) is 2.78. The van der Waals surface area contributed by atoms with Gasteiger partial charge in [-0.25, -0.2) is 0 Å². The zero-order valence-corrected chi connectivity index (χ0v) is 16.0. The minimum Gasteiger partial charge on any atom is -0.494 e. The van der Waals surface area contributed by atoms with Gasteiger partial charge in [0.25, 0.3) is 5.91 Å².